The first kappa shape index (κ1) is 10.7. The maximum atomic E-state index is 13.5. The Morgan fingerprint density at radius 2 is 2.29 bits per heavy atom. The first-order valence-electron chi connectivity index (χ1n) is 4.57. The third-order valence-electron chi connectivity index (χ3n) is 2.07. The predicted octanol–water partition coefficient (Wildman–Crippen LogP) is 2.53. The molecule has 0 fully saturated rings. The minimum absolute atomic E-state index is 0.0161. The monoisotopic (exact) mass is 193 g/mol. The number of nitriles is 1. The van der Waals surface area contributed by atoms with Gasteiger partial charge in [0.25, 0.3) is 0 Å². The van der Waals surface area contributed by atoms with E-state index in [4.69, 9.17) is 5.26 Å². The van der Waals surface area contributed by atoms with Gasteiger partial charge in [0, 0.05) is 5.56 Å². The minimum atomic E-state index is -0.812. The second-order valence-electron chi connectivity index (χ2n) is 3.13. The molecule has 0 spiro atoms. The number of rotatable bonds is 3. The molecule has 0 aliphatic heterocycles. The van der Waals surface area contributed by atoms with Crippen molar-refractivity contribution in [2.45, 2.75) is 25.9 Å². The van der Waals surface area contributed by atoms with Crippen LogP contribution in [0.4, 0.5) is 4.39 Å². The molecule has 74 valence electrons. The fourth-order valence-corrected chi connectivity index (χ4v) is 1.32. The van der Waals surface area contributed by atoms with Crippen molar-refractivity contribution in [1.29, 1.82) is 5.26 Å². The molecule has 1 atom stereocenters. The Labute approximate surface area is 82.6 Å². The van der Waals surface area contributed by atoms with E-state index >= 15 is 0 Å². The van der Waals surface area contributed by atoms with E-state index in [0.29, 0.717) is 6.42 Å². The van der Waals surface area contributed by atoms with Gasteiger partial charge in [0.05, 0.1) is 11.7 Å². The first-order chi connectivity index (χ1) is 6.70. The zero-order valence-electron chi connectivity index (χ0n) is 8.00. The Kier molecular flexibility index (Phi) is 3.61. The molecule has 1 rings (SSSR count). The van der Waals surface area contributed by atoms with Gasteiger partial charge in [-0.2, -0.15) is 5.26 Å². The highest BCUT2D eigenvalue weighted by molar-refractivity contribution is 5.35. The van der Waals surface area contributed by atoms with Crippen molar-refractivity contribution in [3.63, 3.8) is 0 Å². The summed E-state index contributed by atoms with van der Waals surface area (Å²) in [5.74, 6) is -0.601. The largest absolute Gasteiger partial charge is 0.388 e. The summed E-state index contributed by atoms with van der Waals surface area (Å²) in [5, 5.41) is 18.2. The average Bonchev–Trinajstić information content (AvgIpc) is 2.18. The molecule has 1 N–H and O–H groups in total. The Bertz CT molecular complexity index is 357. The molecule has 14 heavy (non-hydrogen) atoms. The van der Waals surface area contributed by atoms with Gasteiger partial charge in [0.1, 0.15) is 11.9 Å². The lowest BCUT2D eigenvalue weighted by Crippen LogP contribution is -2.01. The number of benzene rings is 1. The molecule has 0 aliphatic carbocycles. The van der Waals surface area contributed by atoms with Crippen LogP contribution in [0.15, 0.2) is 18.2 Å². The summed E-state index contributed by atoms with van der Waals surface area (Å²) in [6.45, 7) is 1.91. The van der Waals surface area contributed by atoms with Crippen molar-refractivity contribution >= 4 is 0 Å². The van der Waals surface area contributed by atoms with Crippen LogP contribution in [0.1, 0.15) is 37.0 Å². The van der Waals surface area contributed by atoms with E-state index in [-0.39, 0.29) is 11.1 Å². The van der Waals surface area contributed by atoms with Crippen molar-refractivity contribution in [1.82, 2.24) is 0 Å². The van der Waals surface area contributed by atoms with Gasteiger partial charge in [0.15, 0.2) is 0 Å². The van der Waals surface area contributed by atoms with Gasteiger partial charge in [-0.1, -0.05) is 25.5 Å². The first-order valence-corrected chi connectivity index (χ1v) is 4.57. The molecule has 0 heterocycles. The van der Waals surface area contributed by atoms with Crippen LogP contribution in [0.5, 0.6) is 0 Å². The Balaban J connectivity index is 3.04. The lowest BCUT2D eigenvalue weighted by atomic mass is 10.0. The van der Waals surface area contributed by atoms with Gasteiger partial charge < -0.3 is 5.11 Å². The number of nitrogens with zero attached hydrogens (tertiary/aromatic N) is 1. The van der Waals surface area contributed by atoms with Crippen LogP contribution in [-0.2, 0) is 0 Å². The predicted molar refractivity (Wildman–Crippen MR) is 51.0 cm³/mol. The number of aliphatic hydroxyl groups is 1. The molecule has 3 heteroatoms. The van der Waals surface area contributed by atoms with Crippen LogP contribution in [0.3, 0.4) is 0 Å². The van der Waals surface area contributed by atoms with Crippen molar-refractivity contribution in [3.8, 4) is 6.07 Å². The highest BCUT2D eigenvalue weighted by atomic mass is 19.1. The van der Waals surface area contributed by atoms with Gasteiger partial charge in [-0.3, -0.25) is 0 Å². The van der Waals surface area contributed by atoms with E-state index < -0.39 is 11.9 Å². The highest BCUT2D eigenvalue weighted by Crippen LogP contribution is 2.22. The molecule has 0 aromatic heterocycles. The maximum Gasteiger partial charge on any atom is 0.146 e. The van der Waals surface area contributed by atoms with Gasteiger partial charge in [0.2, 0.25) is 0 Å². The molecular formula is C11H12FNO. The van der Waals surface area contributed by atoms with E-state index in [9.17, 15) is 9.50 Å². The van der Waals surface area contributed by atoms with E-state index in [1.165, 1.54) is 12.1 Å². The summed E-state index contributed by atoms with van der Waals surface area (Å²) in [6.07, 6.45) is 0.469. The normalized spacial score (nSPS) is 12.1. The van der Waals surface area contributed by atoms with Crippen LogP contribution in [0.25, 0.3) is 0 Å². The standard InChI is InChI=1S/C11H12FNO/c1-2-4-10(14)9-6-3-5-8(7-13)11(9)12/h3,5-6,10,14H,2,4H2,1H3. The topological polar surface area (TPSA) is 44.0 Å². The van der Waals surface area contributed by atoms with Crippen LogP contribution >= 0.6 is 0 Å². The Morgan fingerprint density at radius 3 is 2.86 bits per heavy atom. The molecule has 1 aromatic carbocycles. The average molecular weight is 193 g/mol. The second-order valence-corrected chi connectivity index (χ2v) is 3.13. The Morgan fingerprint density at radius 1 is 1.57 bits per heavy atom. The quantitative estimate of drug-likeness (QED) is 0.801. The van der Waals surface area contributed by atoms with Crippen LogP contribution < -0.4 is 0 Å². The molecule has 0 amide bonds. The highest BCUT2D eigenvalue weighted by Gasteiger charge is 2.14. The molecule has 0 saturated heterocycles. The fourth-order valence-electron chi connectivity index (χ4n) is 1.32. The van der Waals surface area contributed by atoms with Gasteiger partial charge in [-0.05, 0) is 12.5 Å². The lowest BCUT2D eigenvalue weighted by Gasteiger charge is -2.10. The van der Waals surface area contributed by atoms with Crippen LogP contribution in [0.2, 0.25) is 0 Å². The molecule has 1 aromatic rings. The van der Waals surface area contributed by atoms with Gasteiger partial charge in [-0.25, -0.2) is 4.39 Å². The molecule has 2 nitrogen and oxygen atoms in total. The molecule has 0 saturated carbocycles. The van der Waals surface area contributed by atoms with Crippen molar-refractivity contribution in [3.05, 3.63) is 35.1 Å². The smallest absolute Gasteiger partial charge is 0.146 e. The third kappa shape index (κ3) is 2.09. The van der Waals surface area contributed by atoms with Crippen molar-refractivity contribution < 1.29 is 9.50 Å². The van der Waals surface area contributed by atoms with E-state index in [0.717, 1.165) is 6.42 Å². The molecule has 0 aliphatic rings. The summed E-state index contributed by atoms with van der Waals surface area (Å²) in [4.78, 5) is 0. The molecule has 1 unspecified atom stereocenters. The van der Waals surface area contributed by atoms with Gasteiger partial charge >= 0.3 is 0 Å². The molecular weight excluding hydrogens is 181 g/mol. The summed E-state index contributed by atoms with van der Waals surface area (Å²) in [7, 11) is 0. The fraction of sp³-hybridized carbons (Fsp3) is 0.364. The zero-order chi connectivity index (χ0) is 10.6. The van der Waals surface area contributed by atoms with Gasteiger partial charge in [-0.15, -0.1) is 0 Å². The number of hydrogen-bond acceptors (Lipinski definition) is 2. The summed E-state index contributed by atoms with van der Waals surface area (Å²) in [6, 6.07) is 6.24. The van der Waals surface area contributed by atoms with Crippen LogP contribution in [0, 0.1) is 17.1 Å². The minimum Gasteiger partial charge on any atom is -0.388 e. The summed E-state index contributed by atoms with van der Waals surface area (Å²) >= 11 is 0. The summed E-state index contributed by atoms with van der Waals surface area (Å²) in [5.41, 5.74) is 0.198. The summed E-state index contributed by atoms with van der Waals surface area (Å²) < 4.78 is 13.5. The molecule has 0 radical (unpaired) electrons. The zero-order valence-corrected chi connectivity index (χ0v) is 8.00. The number of hydrogen-bond donors (Lipinski definition) is 1. The van der Waals surface area contributed by atoms with E-state index in [2.05, 4.69) is 0 Å². The number of aliphatic hydroxyl groups excluding tert-OH is 1. The van der Waals surface area contributed by atoms with Crippen molar-refractivity contribution in [2.75, 3.05) is 0 Å². The van der Waals surface area contributed by atoms with E-state index in [1.54, 1.807) is 12.1 Å². The van der Waals surface area contributed by atoms with E-state index in [1.807, 2.05) is 6.92 Å². The second kappa shape index (κ2) is 4.73. The number of halogens is 1. The third-order valence-corrected chi connectivity index (χ3v) is 2.07. The SMILES string of the molecule is CCCC(O)c1cccc(C#N)c1F. The molecule has 0 bridgehead atoms. The van der Waals surface area contributed by atoms with Crippen LogP contribution in [-0.4, -0.2) is 5.11 Å². The van der Waals surface area contributed by atoms with Crippen molar-refractivity contribution in [2.24, 2.45) is 0 Å². The maximum absolute atomic E-state index is 13.5. The lowest BCUT2D eigenvalue weighted by molar-refractivity contribution is 0.162. The Hall–Kier alpha value is -1.40.